The van der Waals surface area contributed by atoms with E-state index in [0.29, 0.717) is 12.8 Å². The topological polar surface area (TPSA) is 111 Å². The van der Waals surface area contributed by atoms with Crippen molar-refractivity contribution in [3.63, 3.8) is 0 Å². The summed E-state index contributed by atoms with van der Waals surface area (Å²) >= 11 is 0. The van der Waals surface area contributed by atoms with Crippen LogP contribution in [0, 0.1) is 22.7 Å². The summed E-state index contributed by atoms with van der Waals surface area (Å²) in [4.78, 5) is 19.6. The third-order valence-electron chi connectivity index (χ3n) is 7.38. The normalized spacial score (nSPS) is 34.4. The molecule has 1 aromatic heterocycles. The number of rotatable bonds is 4. The molecule has 1 aromatic rings. The van der Waals surface area contributed by atoms with Crippen molar-refractivity contribution in [3.8, 4) is 6.07 Å². The Morgan fingerprint density at radius 2 is 2.06 bits per heavy atom. The van der Waals surface area contributed by atoms with Crippen LogP contribution in [0.5, 0.6) is 0 Å². The Labute approximate surface area is 193 Å². The molecule has 0 saturated carbocycles. The molecule has 1 fully saturated rings. The van der Waals surface area contributed by atoms with Crippen LogP contribution in [0.3, 0.4) is 0 Å². The van der Waals surface area contributed by atoms with E-state index < -0.39 is 5.60 Å². The Hall–Kier alpha value is -2.95. The van der Waals surface area contributed by atoms with Gasteiger partial charge in [-0.1, -0.05) is 55.9 Å². The van der Waals surface area contributed by atoms with Gasteiger partial charge < -0.3 is 20.1 Å². The van der Waals surface area contributed by atoms with E-state index in [2.05, 4.69) is 41.3 Å². The Bertz CT molecular complexity index is 1100. The molecule has 0 aromatic carbocycles. The summed E-state index contributed by atoms with van der Waals surface area (Å²) in [6.45, 7) is 4.55. The minimum atomic E-state index is -0.946. The van der Waals surface area contributed by atoms with Crippen molar-refractivity contribution in [1.29, 1.82) is 5.26 Å². The summed E-state index contributed by atoms with van der Waals surface area (Å²) in [6.07, 6.45) is 17.8. The van der Waals surface area contributed by atoms with Gasteiger partial charge in [0, 0.05) is 18.8 Å². The molecule has 3 heterocycles. The van der Waals surface area contributed by atoms with Crippen LogP contribution in [0.4, 0.5) is 0 Å². The lowest BCUT2D eigenvalue weighted by molar-refractivity contribution is -0.0817. The molecule has 2 aliphatic heterocycles. The Kier molecular flexibility index (Phi) is 5.38. The number of aromatic nitrogens is 2. The fraction of sp³-hybridized carbons (Fsp3) is 0.500. The zero-order valence-electron chi connectivity index (χ0n) is 19.0. The third kappa shape index (κ3) is 4.33. The zero-order valence-corrected chi connectivity index (χ0v) is 19.0. The van der Waals surface area contributed by atoms with Crippen LogP contribution in [0.25, 0.3) is 0 Å². The molecule has 0 spiro atoms. The minimum Gasteiger partial charge on any atom is -0.385 e. The van der Waals surface area contributed by atoms with Crippen LogP contribution >= 0.6 is 0 Å². The molecule has 172 valence electrons. The lowest BCUT2D eigenvalue weighted by Gasteiger charge is -2.41. The molecule has 0 radical (unpaired) electrons. The van der Waals surface area contributed by atoms with Gasteiger partial charge in [0.2, 0.25) is 0 Å². The highest BCUT2D eigenvalue weighted by Crippen LogP contribution is 2.44. The number of aromatic amines is 1. The van der Waals surface area contributed by atoms with Gasteiger partial charge in [-0.25, -0.2) is 4.98 Å². The van der Waals surface area contributed by atoms with Crippen LogP contribution in [0.2, 0.25) is 0 Å². The number of nitrogens with one attached hydrogen (secondary N) is 2. The average Bonchev–Trinajstić information content (AvgIpc) is 3.40. The molecule has 4 unspecified atom stereocenters. The van der Waals surface area contributed by atoms with Crippen LogP contribution in [0.1, 0.15) is 62.3 Å². The number of fused-ring (bicyclic) bond motifs is 2. The van der Waals surface area contributed by atoms with Crippen LogP contribution < -0.4 is 5.32 Å². The quantitative estimate of drug-likeness (QED) is 0.613. The summed E-state index contributed by atoms with van der Waals surface area (Å²) in [5.41, 5.74) is 1.76. The Morgan fingerprint density at radius 1 is 1.30 bits per heavy atom. The van der Waals surface area contributed by atoms with Crippen LogP contribution in [0.15, 0.2) is 53.8 Å². The number of amides is 1. The Morgan fingerprint density at radius 3 is 2.70 bits per heavy atom. The van der Waals surface area contributed by atoms with Crippen molar-refractivity contribution in [2.24, 2.45) is 11.3 Å². The van der Waals surface area contributed by atoms with Gasteiger partial charge in [0.1, 0.15) is 11.8 Å². The monoisotopic (exact) mass is 446 g/mol. The van der Waals surface area contributed by atoms with Crippen LogP contribution in [-0.2, 0) is 4.74 Å². The number of carbonyl (C=O) groups is 1. The highest BCUT2D eigenvalue weighted by atomic mass is 16.5. The van der Waals surface area contributed by atoms with Crippen molar-refractivity contribution in [2.75, 3.05) is 0 Å². The molecular weight excluding hydrogens is 416 g/mol. The highest BCUT2D eigenvalue weighted by Gasteiger charge is 2.44. The number of imidazole rings is 1. The first kappa shape index (κ1) is 21.9. The number of nitriles is 1. The van der Waals surface area contributed by atoms with E-state index in [1.165, 1.54) is 11.8 Å². The number of ether oxygens (including phenoxy) is 1. The lowest BCUT2D eigenvalue weighted by Crippen LogP contribution is -2.46. The molecule has 3 N–H and O–H groups in total. The van der Waals surface area contributed by atoms with Gasteiger partial charge in [-0.2, -0.15) is 5.26 Å². The molecule has 4 aliphatic rings. The largest absolute Gasteiger partial charge is 0.385 e. The minimum absolute atomic E-state index is 0.0482. The predicted octanol–water partition coefficient (Wildman–Crippen LogP) is 3.48. The van der Waals surface area contributed by atoms with Gasteiger partial charge >= 0.3 is 0 Å². The average molecular weight is 447 g/mol. The Balaban J connectivity index is 1.42. The standard InChI is InChI=1S/C26H30N4O3/c1-25(2)9-7-16(8-10-25)21-11-17(26(32)12-19-4-5-20(13-26)33-19)3-6-22(21)30-24(31)23-28-15-18(14-27)29-23/h3-7,11,15,19-22,32H,8-10,12-13H2,1-2H3,(H,28,29)(H,30,31)/t19-,20?,21?,22?,26?/m1/s1. The molecule has 5 atom stereocenters. The number of nitrogens with zero attached hydrogens (tertiary/aromatic N) is 2. The summed E-state index contributed by atoms with van der Waals surface area (Å²) < 4.78 is 5.86. The van der Waals surface area contributed by atoms with Crippen LogP contribution in [-0.4, -0.2) is 44.8 Å². The van der Waals surface area contributed by atoms with Crippen molar-refractivity contribution < 1.29 is 14.6 Å². The van der Waals surface area contributed by atoms with Crippen molar-refractivity contribution in [2.45, 2.75) is 69.8 Å². The molecule has 5 rings (SSSR count). The zero-order chi connectivity index (χ0) is 23.2. The van der Waals surface area contributed by atoms with Crippen molar-refractivity contribution in [3.05, 3.63) is 65.3 Å². The summed E-state index contributed by atoms with van der Waals surface area (Å²) in [5.74, 6) is -0.275. The smallest absolute Gasteiger partial charge is 0.287 e. The third-order valence-corrected chi connectivity index (χ3v) is 7.38. The maximum Gasteiger partial charge on any atom is 0.287 e. The highest BCUT2D eigenvalue weighted by molar-refractivity contribution is 5.91. The summed E-state index contributed by atoms with van der Waals surface area (Å²) in [7, 11) is 0. The van der Waals surface area contributed by atoms with E-state index in [4.69, 9.17) is 10.00 Å². The molecule has 7 heteroatoms. The van der Waals surface area contributed by atoms with E-state index in [1.807, 2.05) is 30.4 Å². The molecule has 2 bridgehead atoms. The molecule has 1 saturated heterocycles. The molecule has 33 heavy (non-hydrogen) atoms. The van der Waals surface area contributed by atoms with Gasteiger partial charge in [-0.05, 0) is 30.3 Å². The summed E-state index contributed by atoms with van der Waals surface area (Å²) in [5, 5.41) is 23.6. The van der Waals surface area contributed by atoms with E-state index in [9.17, 15) is 9.90 Å². The molecule has 2 aliphatic carbocycles. The number of allylic oxidation sites excluding steroid dienone is 1. The molecular formula is C26H30N4O3. The number of hydrogen-bond acceptors (Lipinski definition) is 5. The second-order valence-electron chi connectivity index (χ2n) is 10.4. The van der Waals surface area contributed by atoms with E-state index in [-0.39, 0.29) is 47.0 Å². The SMILES string of the molecule is CC1(C)CC=C(C2C=C(C3(O)CC4C=C[C@H](C3)O4)C=CC2NC(=O)c2ncc(C#N)[nH]2)CC1. The van der Waals surface area contributed by atoms with Gasteiger partial charge in [0.05, 0.1) is 30.0 Å². The van der Waals surface area contributed by atoms with Crippen molar-refractivity contribution in [1.82, 2.24) is 15.3 Å². The van der Waals surface area contributed by atoms with Gasteiger partial charge in [0.25, 0.3) is 5.91 Å². The van der Waals surface area contributed by atoms with Gasteiger partial charge in [0.15, 0.2) is 5.82 Å². The molecule has 7 nitrogen and oxygen atoms in total. The number of aliphatic hydroxyl groups is 1. The lowest BCUT2D eigenvalue weighted by atomic mass is 9.71. The first-order valence-electron chi connectivity index (χ1n) is 11.7. The van der Waals surface area contributed by atoms with E-state index >= 15 is 0 Å². The number of H-pyrrole nitrogens is 1. The van der Waals surface area contributed by atoms with E-state index in [1.54, 1.807) is 0 Å². The van der Waals surface area contributed by atoms with E-state index in [0.717, 1.165) is 24.8 Å². The first-order valence-corrected chi connectivity index (χ1v) is 11.7. The predicted molar refractivity (Wildman–Crippen MR) is 123 cm³/mol. The summed E-state index contributed by atoms with van der Waals surface area (Å²) in [6, 6.07) is 1.70. The molecule has 1 amide bonds. The number of hydrogen-bond donors (Lipinski definition) is 3. The van der Waals surface area contributed by atoms with Gasteiger partial charge in [-0.3, -0.25) is 4.79 Å². The van der Waals surface area contributed by atoms with Gasteiger partial charge in [-0.15, -0.1) is 0 Å². The fourth-order valence-corrected chi connectivity index (χ4v) is 5.36. The van der Waals surface area contributed by atoms with Crippen molar-refractivity contribution >= 4 is 5.91 Å². The first-order chi connectivity index (χ1) is 15.7. The second-order valence-corrected chi connectivity index (χ2v) is 10.4. The fourth-order valence-electron chi connectivity index (χ4n) is 5.36. The maximum absolute atomic E-state index is 12.9. The number of carbonyl (C=O) groups excluding carboxylic acids is 1. The second kappa shape index (κ2) is 8.12. The maximum atomic E-state index is 12.9.